The average molecular weight is 355 g/mol. The lowest BCUT2D eigenvalue weighted by Crippen LogP contribution is -2.12. The summed E-state index contributed by atoms with van der Waals surface area (Å²) in [5.74, 6) is 1.06. The van der Waals surface area contributed by atoms with Crippen LogP contribution < -0.4 is 14.8 Å². The second-order valence-corrected chi connectivity index (χ2v) is 5.58. The monoisotopic (exact) mass is 355 g/mol. The predicted octanol–water partition coefficient (Wildman–Crippen LogP) is 2.25. The first-order valence-corrected chi connectivity index (χ1v) is 8.10. The molecule has 4 rings (SSSR count). The Labute approximate surface area is 148 Å². The quantitative estimate of drug-likeness (QED) is 0.703. The normalized spacial score (nSPS) is 12.3. The second kappa shape index (κ2) is 6.89. The molecule has 134 valence electrons. The van der Waals surface area contributed by atoms with Gasteiger partial charge >= 0.3 is 0 Å². The largest absolute Gasteiger partial charge is 0.454 e. The van der Waals surface area contributed by atoms with E-state index in [0.717, 1.165) is 5.56 Å². The van der Waals surface area contributed by atoms with Gasteiger partial charge in [0.2, 0.25) is 6.79 Å². The average Bonchev–Trinajstić information content (AvgIpc) is 3.39. The number of nitrogens with one attached hydrogen (secondary N) is 2. The molecule has 1 aliphatic heterocycles. The fourth-order valence-corrected chi connectivity index (χ4v) is 2.52. The zero-order valence-electron chi connectivity index (χ0n) is 14.1. The van der Waals surface area contributed by atoms with Crippen LogP contribution in [0, 0.1) is 0 Å². The second-order valence-electron chi connectivity index (χ2n) is 5.58. The maximum absolute atomic E-state index is 12.4. The highest BCUT2D eigenvalue weighted by molar-refractivity contribution is 6.03. The topological polar surface area (TPSA) is 103 Å². The van der Waals surface area contributed by atoms with Gasteiger partial charge in [0.15, 0.2) is 11.5 Å². The molecule has 0 saturated heterocycles. The minimum absolute atomic E-state index is 0.212. The lowest BCUT2D eigenvalue weighted by Gasteiger charge is -2.00. The summed E-state index contributed by atoms with van der Waals surface area (Å²) >= 11 is 0. The molecule has 3 heterocycles. The maximum atomic E-state index is 12.4. The molecule has 26 heavy (non-hydrogen) atoms. The van der Waals surface area contributed by atoms with E-state index in [1.165, 1.54) is 0 Å². The summed E-state index contributed by atoms with van der Waals surface area (Å²) in [5, 5.41) is 13.8. The molecule has 0 bridgehead atoms. The molecule has 1 amide bonds. The minimum atomic E-state index is -0.305. The Balaban J connectivity index is 1.45. The van der Waals surface area contributed by atoms with Gasteiger partial charge in [0, 0.05) is 12.2 Å². The Morgan fingerprint density at radius 3 is 3.12 bits per heavy atom. The van der Waals surface area contributed by atoms with E-state index in [9.17, 15) is 4.79 Å². The van der Waals surface area contributed by atoms with Crippen LogP contribution >= 0.6 is 0 Å². The molecule has 0 saturated carbocycles. The highest BCUT2D eigenvalue weighted by Crippen LogP contribution is 2.35. The fraction of sp³-hybridized carbons (Fsp3) is 0.235. The summed E-state index contributed by atoms with van der Waals surface area (Å²) in [6.45, 7) is 3.05. The Bertz CT molecular complexity index is 933. The third kappa shape index (κ3) is 3.24. The number of ether oxygens (including phenoxy) is 3. The number of H-pyrrole nitrogens is 1. The summed E-state index contributed by atoms with van der Waals surface area (Å²) in [7, 11) is 0. The molecule has 0 atom stereocenters. The Morgan fingerprint density at radius 2 is 2.23 bits per heavy atom. The van der Waals surface area contributed by atoms with Crippen molar-refractivity contribution in [2.24, 2.45) is 0 Å². The molecular formula is C17H17N5O4. The van der Waals surface area contributed by atoms with Crippen molar-refractivity contribution < 1.29 is 19.0 Å². The fourth-order valence-electron chi connectivity index (χ4n) is 2.52. The zero-order chi connectivity index (χ0) is 17.9. The van der Waals surface area contributed by atoms with E-state index in [-0.39, 0.29) is 12.7 Å². The highest BCUT2D eigenvalue weighted by atomic mass is 16.7. The number of hydrogen-bond acceptors (Lipinski definition) is 6. The molecular weight excluding hydrogens is 338 g/mol. The van der Waals surface area contributed by atoms with Crippen LogP contribution in [0.1, 0.15) is 17.4 Å². The van der Waals surface area contributed by atoms with E-state index in [1.807, 2.05) is 25.1 Å². The molecule has 9 nitrogen and oxygen atoms in total. The van der Waals surface area contributed by atoms with Crippen LogP contribution in [0.25, 0.3) is 11.3 Å². The SMILES string of the molecule is CCOCn1cc(NC(=O)c2cc(-c3ccc4c(c3)OCO4)n[nH]2)cn1. The van der Waals surface area contributed by atoms with Crippen molar-refractivity contribution in [3.05, 3.63) is 42.4 Å². The van der Waals surface area contributed by atoms with Gasteiger partial charge in [0.05, 0.1) is 23.8 Å². The van der Waals surface area contributed by atoms with Gasteiger partial charge in [-0.1, -0.05) is 0 Å². The number of benzene rings is 1. The highest BCUT2D eigenvalue weighted by Gasteiger charge is 2.16. The van der Waals surface area contributed by atoms with Gasteiger partial charge < -0.3 is 19.5 Å². The first-order chi connectivity index (χ1) is 12.7. The van der Waals surface area contributed by atoms with Crippen LogP contribution in [-0.4, -0.2) is 39.3 Å². The molecule has 1 aromatic carbocycles. The lowest BCUT2D eigenvalue weighted by molar-refractivity contribution is 0.0792. The van der Waals surface area contributed by atoms with E-state index >= 15 is 0 Å². The summed E-state index contributed by atoms with van der Waals surface area (Å²) in [6.07, 6.45) is 3.26. The van der Waals surface area contributed by atoms with Crippen LogP contribution in [0.3, 0.4) is 0 Å². The molecule has 1 aliphatic rings. The number of anilines is 1. The summed E-state index contributed by atoms with van der Waals surface area (Å²) in [6, 6.07) is 7.19. The third-order valence-corrected chi connectivity index (χ3v) is 3.81. The van der Waals surface area contributed by atoms with E-state index in [2.05, 4.69) is 20.6 Å². The number of nitrogens with zero attached hydrogens (tertiary/aromatic N) is 3. The van der Waals surface area contributed by atoms with Gasteiger partial charge in [-0.3, -0.25) is 9.89 Å². The standard InChI is InChI=1S/C17H17N5O4/c1-2-24-9-22-8-12(7-18-22)19-17(23)14-6-13(20-21-14)11-3-4-15-16(5-11)26-10-25-15/h3-8H,2,9-10H2,1H3,(H,19,23)(H,20,21). The smallest absolute Gasteiger partial charge is 0.273 e. The van der Waals surface area contributed by atoms with Crippen molar-refractivity contribution in [1.29, 1.82) is 0 Å². The summed E-state index contributed by atoms with van der Waals surface area (Å²) in [4.78, 5) is 12.4. The number of aromatic amines is 1. The number of carbonyl (C=O) groups is 1. The first kappa shape index (κ1) is 16.2. The van der Waals surface area contributed by atoms with Crippen molar-refractivity contribution in [3.63, 3.8) is 0 Å². The predicted molar refractivity (Wildman–Crippen MR) is 92.0 cm³/mol. The summed E-state index contributed by atoms with van der Waals surface area (Å²) in [5.41, 5.74) is 2.39. The van der Waals surface area contributed by atoms with E-state index < -0.39 is 0 Å². The van der Waals surface area contributed by atoms with Crippen LogP contribution in [0.2, 0.25) is 0 Å². The molecule has 3 aromatic rings. The minimum Gasteiger partial charge on any atom is -0.454 e. The molecule has 0 spiro atoms. The number of fused-ring (bicyclic) bond motifs is 1. The first-order valence-electron chi connectivity index (χ1n) is 8.10. The number of hydrogen-bond donors (Lipinski definition) is 2. The van der Waals surface area contributed by atoms with Crippen molar-refractivity contribution in [3.8, 4) is 22.8 Å². The van der Waals surface area contributed by atoms with Crippen LogP contribution in [-0.2, 0) is 11.5 Å². The molecule has 0 unspecified atom stereocenters. The van der Waals surface area contributed by atoms with Crippen molar-refractivity contribution in [1.82, 2.24) is 20.0 Å². The number of carbonyl (C=O) groups excluding carboxylic acids is 1. The van der Waals surface area contributed by atoms with E-state index in [4.69, 9.17) is 14.2 Å². The zero-order valence-corrected chi connectivity index (χ0v) is 14.1. The third-order valence-electron chi connectivity index (χ3n) is 3.81. The van der Waals surface area contributed by atoms with Gasteiger partial charge in [-0.25, -0.2) is 4.68 Å². The van der Waals surface area contributed by atoms with Gasteiger partial charge in [0.1, 0.15) is 12.4 Å². The molecule has 9 heteroatoms. The number of rotatable bonds is 6. The number of amides is 1. The molecule has 0 aliphatic carbocycles. The van der Waals surface area contributed by atoms with Gasteiger partial charge in [-0.15, -0.1) is 0 Å². The van der Waals surface area contributed by atoms with Gasteiger partial charge in [-0.2, -0.15) is 10.2 Å². The van der Waals surface area contributed by atoms with Crippen LogP contribution in [0.5, 0.6) is 11.5 Å². The molecule has 2 aromatic heterocycles. The van der Waals surface area contributed by atoms with Crippen molar-refractivity contribution in [2.75, 3.05) is 18.7 Å². The molecule has 0 fully saturated rings. The molecule has 0 radical (unpaired) electrons. The van der Waals surface area contributed by atoms with Crippen molar-refractivity contribution >= 4 is 11.6 Å². The molecule has 2 N–H and O–H groups in total. The number of aromatic nitrogens is 4. The van der Waals surface area contributed by atoms with Crippen LogP contribution in [0.15, 0.2) is 36.7 Å². The van der Waals surface area contributed by atoms with Gasteiger partial charge in [-0.05, 0) is 31.2 Å². The summed E-state index contributed by atoms with van der Waals surface area (Å²) < 4.78 is 17.5. The maximum Gasteiger partial charge on any atom is 0.273 e. The van der Waals surface area contributed by atoms with E-state index in [0.29, 0.717) is 41.9 Å². The lowest BCUT2D eigenvalue weighted by atomic mass is 10.1. The van der Waals surface area contributed by atoms with Crippen molar-refractivity contribution in [2.45, 2.75) is 13.7 Å². The Kier molecular flexibility index (Phi) is 4.28. The van der Waals surface area contributed by atoms with Gasteiger partial charge in [0.25, 0.3) is 5.91 Å². The Morgan fingerprint density at radius 1 is 1.35 bits per heavy atom. The Hall–Kier alpha value is -3.33. The van der Waals surface area contributed by atoms with Crippen LogP contribution in [0.4, 0.5) is 5.69 Å². The van der Waals surface area contributed by atoms with E-state index in [1.54, 1.807) is 23.1 Å².